The smallest absolute Gasteiger partial charge is 0.332 e. The van der Waals surface area contributed by atoms with E-state index < -0.39 is 14.1 Å². The summed E-state index contributed by atoms with van der Waals surface area (Å²) in [5.74, 6) is 0. The van der Waals surface area contributed by atoms with Crippen molar-refractivity contribution in [3.8, 4) is 0 Å². The Labute approximate surface area is 103 Å². The summed E-state index contributed by atoms with van der Waals surface area (Å²) in [6, 6.07) is 7.63. The number of hydrogen-bond acceptors (Lipinski definition) is 2. The zero-order valence-electron chi connectivity index (χ0n) is 10.7. The van der Waals surface area contributed by atoms with Crippen LogP contribution in [0.2, 0.25) is 19.6 Å². The van der Waals surface area contributed by atoms with Gasteiger partial charge < -0.3 is 5.73 Å². The summed E-state index contributed by atoms with van der Waals surface area (Å²) < 4.78 is 0. The molecule has 0 aliphatic carbocycles. The van der Waals surface area contributed by atoms with Gasteiger partial charge in [0.2, 0.25) is 0 Å². The maximum atomic E-state index is 10.6. The Morgan fingerprint density at radius 1 is 1.35 bits per heavy atom. The lowest BCUT2D eigenvalue weighted by molar-refractivity contribution is 0.249. The first-order chi connectivity index (χ1) is 7.80. The number of carbonyl (C=O) groups excluding carboxylic acids is 1. The second-order valence-corrected chi connectivity index (χ2v) is 10.1. The van der Waals surface area contributed by atoms with Gasteiger partial charge in [0, 0.05) is 0 Å². The average Bonchev–Trinajstić information content (AvgIpc) is 2.25. The second kappa shape index (κ2) is 5.14. The van der Waals surface area contributed by atoms with Gasteiger partial charge in [-0.1, -0.05) is 49.1 Å². The van der Waals surface area contributed by atoms with E-state index in [9.17, 15) is 4.79 Å². The minimum atomic E-state index is -1.32. The Balaban J connectivity index is 3.00. The van der Waals surface area contributed by atoms with Gasteiger partial charge in [-0.15, -0.1) is 0 Å². The number of primary amides is 1. The van der Waals surface area contributed by atoms with Crippen molar-refractivity contribution in [1.82, 2.24) is 5.43 Å². The summed E-state index contributed by atoms with van der Waals surface area (Å²) in [5, 5.41) is 5.29. The summed E-state index contributed by atoms with van der Waals surface area (Å²) in [4.78, 5) is 10.6. The molecular weight excluding hydrogens is 230 g/mol. The maximum absolute atomic E-state index is 10.6. The Morgan fingerprint density at radius 2 is 2.00 bits per heavy atom. The third kappa shape index (κ3) is 4.03. The van der Waals surface area contributed by atoms with Gasteiger partial charge in [0.1, 0.15) is 0 Å². The molecule has 3 N–H and O–H groups in total. The van der Waals surface area contributed by atoms with Crippen LogP contribution < -0.4 is 16.3 Å². The summed E-state index contributed by atoms with van der Waals surface area (Å²) in [7, 11) is -1.32. The van der Waals surface area contributed by atoms with Crippen molar-refractivity contribution in [2.45, 2.75) is 26.6 Å². The first-order valence-electron chi connectivity index (χ1n) is 5.51. The first kappa shape index (κ1) is 13.4. The van der Waals surface area contributed by atoms with Gasteiger partial charge in [0.05, 0.1) is 13.8 Å². The van der Waals surface area contributed by atoms with Crippen LogP contribution in [0.5, 0.6) is 0 Å². The van der Waals surface area contributed by atoms with Crippen LogP contribution in [-0.4, -0.2) is 19.8 Å². The van der Waals surface area contributed by atoms with Crippen LogP contribution in [0.3, 0.4) is 0 Å². The lowest BCUT2D eigenvalue weighted by Gasteiger charge is -2.17. The molecule has 0 aliphatic heterocycles. The van der Waals surface area contributed by atoms with Gasteiger partial charge in [0.15, 0.2) is 0 Å². The van der Waals surface area contributed by atoms with Crippen molar-refractivity contribution in [3.05, 3.63) is 29.8 Å². The molecule has 0 unspecified atom stereocenters. The SMILES string of the molecule is C/C(=N\NC(N)=O)c1cccc([Si](C)(C)C)c1. The van der Waals surface area contributed by atoms with Crippen LogP contribution in [-0.2, 0) is 0 Å². The summed E-state index contributed by atoms with van der Waals surface area (Å²) in [6.07, 6.45) is 0. The molecule has 2 amide bonds. The van der Waals surface area contributed by atoms with E-state index in [1.807, 2.05) is 19.1 Å². The first-order valence-corrected chi connectivity index (χ1v) is 9.01. The van der Waals surface area contributed by atoms with Crippen molar-refractivity contribution in [2.75, 3.05) is 0 Å². The monoisotopic (exact) mass is 249 g/mol. The highest BCUT2D eigenvalue weighted by Crippen LogP contribution is 2.06. The second-order valence-electron chi connectivity index (χ2n) is 5.00. The number of nitrogens with two attached hydrogens (primary N) is 1. The summed E-state index contributed by atoms with van der Waals surface area (Å²) in [6.45, 7) is 8.72. The van der Waals surface area contributed by atoms with Crippen LogP contribution in [0.15, 0.2) is 29.4 Å². The molecule has 0 radical (unpaired) electrons. The molecule has 1 aromatic rings. The Kier molecular flexibility index (Phi) is 4.06. The standard InChI is InChI=1S/C12H19N3OSi/c1-9(14-15-12(13)16)10-6-5-7-11(8-10)17(2,3)4/h5-8H,1-4H3,(H3,13,15,16)/b14-9+. The fourth-order valence-corrected chi connectivity index (χ4v) is 2.60. The lowest BCUT2D eigenvalue weighted by atomic mass is 10.1. The molecule has 0 aromatic heterocycles. The number of urea groups is 1. The van der Waals surface area contributed by atoms with E-state index in [0.29, 0.717) is 0 Å². The molecule has 0 fully saturated rings. The van der Waals surface area contributed by atoms with Crippen LogP contribution in [0.4, 0.5) is 4.79 Å². The van der Waals surface area contributed by atoms with E-state index in [1.165, 1.54) is 5.19 Å². The number of hydrazone groups is 1. The fraction of sp³-hybridized carbons (Fsp3) is 0.333. The summed E-state index contributed by atoms with van der Waals surface area (Å²) in [5.41, 5.74) is 8.97. The quantitative estimate of drug-likeness (QED) is 0.477. The third-order valence-corrected chi connectivity index (χ3v) is 4.52. The van der Waals surface area contributed by atoms with Crippen molar-refractivity contribution in [2.24, 2.45) is 10.8 Å². The number of rotatable bonds is 3. The van der Waals surface area contributed by atoms with E-state index >= 15 is 0 Å². The highest BCUT2D eigenvalue weighted by Gasteiger charge is 2.16. The van der Waals surface area contributed by atoms with Crippen molar-refractivity contribution < 1.29 is 4.79 Å². The zero-order valence-corrected chi connectivity index (χ0v) is 11.7. The number of hydrogen-bond donors (Lipinski definition) is 2. The van der Waals surface area contributed by atoms with E-state index in [2.05, 4.69) is 42.3 Å². The van der Waals surface area contributed by atoms with Gasteiger partial charge in [-0.25, -0.2) is 10.2 Å². The minimum absolute atomic E-state index is 0.647. The van der Waals surface area contributed by atoms with E-state index in [-0.39, 0.29) is 0 Å². The number of nitrogens with one attached hydrogen (secondary N) is 1. The molecule has 1 aromatic carbocycles. The normalized spacial score (nSPS) is 12.4. The molecule has 0 bridgehead atoms. The predicted molar refractivity (Wildman–Crippen MR) is 74.4 cm³/mol. The molecule has 0 heterocycles. The topological polar surface area (TPSA) is 67.5 Å². The van der Waals surface area contributed by atoms with Gasteiger partial charge in [0.25, 0.3) is 0 Å². The molecule has 5 heteroatoms. The molecule has 92 valence electrons. The van der Waals surface area contributed by atoms with Crippen LogP contribution in [0.25, 0.3) is 0 Å². The van der Waals surface area contributed by atoms with Crippen LogP contribution >= 0.6 is 0 Å². The van der Waals surface area contributed by atoms with Gasteiger partial charge in [-0.05, 0) is 12.5 Å². The third-order valence-electron chi connectivity index (χ3n) is 2.48. The zero-order chi connectivity index (χ0) is 13.1. The Hall–Kier alpha value is -1.62. The number of nitrogens with zero attached hydrogens (tertiary/aromatic N) is 1. The van der Waals surface area contributed by atoms with Crippen molar-refractivity contribution in [1.29, 1.82) is 0 Å². The summed E-state index contributed by atoms with van der Waals surface area (Å²) >= 11 is 0. The molecule has 1 rings (SSSR count). The molecule has 17 heavy (non-hydrogen) atoms. The van der Waals surface area contributed by atoms with E-state index in [0.717, 1.165) is 11.3 Å². The highest BCUT2D eigenvalue weighted by molar-refractivity contribution is 6.88. The van der Waals surface area contributed by atoms with Crippen molar-refractivity contribution >= 4 is 25.0 Å². The van der Waals surface area contributed by atoms with Gasteiger partial charge in [-0.3, -0.25) is 0 Å². The van der Waals surface area contributed by atoms with E-state index in [1.54, 1.807) is 0 Å². The molecule has 0 atom stereocenters. The number of amides is 2. The fourth-order valence-electron chi connectivity index (χ4n) is 1.41. The molecular formula is C12H19N3OSi. The van der Waals surface area contributed by atoms with Gasteiger partial charge >= 0.3 is 6.03 Å². The largest absolute Gasteiger partial charge is 0.350 e. The van der Waals surface area contributed by atoms with Crippen LogP contribution in [0.1, 0.15) is 12.5 Å². The maximum Gasteiger partial charge on any atom is 0.332 e. The Bertz CT molecular complexity index is 449. The average molecular weight is 249 g/mol. The number of benzene rings is 1. The number of carbonyl (C=O) groups is 1. The highest BCUT2D eigenvalue weighted by atomic mass is 28.3. The van der Waals surface area contributed by atoms with Crippen LogP contribution in [0, 0.1) is 0 Å². The molecule has 4 nitrogen and oxygen atoms in total. The van der Waals surface area contributed by atoms with Gasteiger partial charge in [-0.2, -0.15) is 5.10 Å². The minimum Gasteiger partial charge on any atom is -0.350 e. The Morgan fingerprint density at radius 3 is 2.53 bits per heavy atom. The molecule has 0 saturated carbocycles. The van der Waals surface area contributed by atoms with Crippen molar-refractivity contribution in [3.63, 3.8) is 0 Å². The predicted octanol–water partition coefficient (Wildman–Crippen LogP) is 1.62. The van der Waals surface area contributed by atoms with E-state index in [4.69, 9.17) is 5.73 Å². The molecule has 0 spiro atoms. The lowest BCUT2D eigenvalue weighted by Crippen LogP contribution is -2.37. The molecule has 0 saturated heterocycles. The molecule has 0 aliphatic rings.